The third kappa shape index (κ3) is 10.8. The molecule has 15 heteroatoms. The van der Waals surface area contributed by atoms with E-state index in [1.165, 1.54) is 18.7 Å². The number of thiol groups is 1. The fourth-order valence-corrected chi connectivity index (χ4v) is 4.07. The Labute approximate surface area is 209 Å². The summed E-state index contributed by atoms with van der Waals surface area (Å²) in [6, 6.07) is 4.17. The second-order valence-corrected chi connectivity index (χ2v) is 9.36. The number of carbonyl (C=O) groups is 5. The fraction of sp³-hybridized carbons (Fsp3) is 0.333. The average molecular weight is 535 g/mol. The second kappa shape index (κ2) is 13.9. The van der Waals surface area contributed by atoms with Crippen LogP contribution in [0.4, 0.5) is 10.5 Å². The Morgan fingerprint density at radius 1 is 1.00 bits per heavy atom. The van der Waals surface area contributed by atoms with Gasteiger partial charge in [0.25, 0.3) is 5.24 Å². The van der Waals surface area contributed by atoms with Gasteiger partial charge in [-0.05, 0) is 36.2 Å². The third-order valence-electron chi connectivity index (χ3n) is 3.73. The van der Waals surface area contributed by atoms with Crippen molar-refractivity contribution in [3.63, 3.8) is 0 Å². The molecule has 0 saturated heterocycles. The number of amides is 3. The van der Waals surface area contributed by atoms with Gasteiger partial charge in [-0.2, -0.15) is 0 Å². The minimum atomic E-state index is -1.25. The van der Waals surface area contributed by atoms with Crippen molar-refractivity contribution in [2.75, 3.05) is 17.2 Å². The highest BCUT2D eigenvalue weighted by molar-refractivity contribution is 8.15. The van der Waals surface area contributed by atoms with Gasteiger partial charge in [0.15, 0.2) is 0 Å². The average Bonchev–Trinajstić information content (AvgIpc) is 2.71. The van der Waals surface area contributed by atoms with Crippen molar-refractivity contribution in [2.45, 2.75) is 30.8 Å². The summed E-state index contributed by atoms with van der Waals surface area (Å²) in [7, 11) is 0. The third-order valence-corrected chi connectivity index (χ3v) is 5.98. The highest BCUT2D eigenvalue weighted by Gasteiger charge is 2.24. The number of rotatable bonds is 11. The molecule has 0 saturated carbocycles. The molecule has 1 aromatic rings. The molecule has 0 aliphatic heterocycles. The molecule has 0 radical (unpaired) electrons. The van der Waals surface area contributed by atoms with Crippen molar-refractivity contribution < 1.29 is 34.2 Å². The number of hydrogen-bond acceptors (Lipinski definition) is 8. The van der Waals surface area contributed by atoms with Crippen LogP contribution in [-0.2, 0) is 19.2 Å². The van der Waals surface area contributed by atoms with Crippen LogP contribution in [0.2, 0.25) is 0 Å². The molecule has 2 unspecified atom stereocenters. The Morgan fingerprint density at radius 3 is 1.97 bits per heavy atom. The quantitative estimate of drug-likeness (QED) is 0.138. The van der Waals surface area contributed by atoms with Crippen molar-refractivity contribution in [1.82, 2.24) is 15.4 Å². The van der Waals surface area contributed by atoms with Gasteiger partial charge in [-0.3, -0.25) is 19.1 Å². The van der Waals surface area contributed by atoms with E-state index >= 15 is 0 Å². The number of anilines is 1. The van der Waals surface area contributed by atoms with E-state index in [0.29, 0.717) is 22.3 Å². The smallest absolute Gasteiger partial charge is 0.328 e. The first-order chi connectivity index (χ1) is 15.4. The number of thiocarbonyl (C=S) groups is 1. The summed E-state index contributed by atoms with van der Waals surface area (Å²) < 4.78 is 2.64. The molecule has 0 heterocycles. The molecule has 11 nitrogen and oxygen atoms in total. The Balaban J connectivity index is 2.71. The molecule has 0 aliphatic carbocycles. The summed E-state index contributed by atoms with van der Waals surface area (Å²) in [5.41, 5.74) is 0.524. The Bertz CT molecular complexity index is 914. The predicted molar refractivity (Wildman–Crippen MR) is 133 cm³/mol. The molecule has 0 spiro atoms. The summed E-state index contributed by atoms with van der Waals surface area (Å²) in [5.74, 6) is -3.63. The maximum absolute atomic E-state index is 12.0. The number of carbonyl (C=O) groups excluding carboxylic acids is 3. The van der Waals surface area contributed by atoms with Gasteiger partial charge in [-0.25, -0.2) is 9.59 Å². The largest absolute Gasteiger partial charge is 0.480 e. The Kier molecular flexibility index (Phi) is 12.0. The number of hydrogen-bond donors (Lipinski definition) is 6. The van der Waals surface area contributed by atoms with Crippen molar-refractivity contribution in [3.05, 3.63) is 24.3 Å². The van der Waals surface area contributed by atoms with Crippen molar-refractivity contribution in [3.8, 4) is 0 Å². The monoisotopic (exact) mass is 534 g/mol. The van der Waals surface area contributed by atoms with Gasteiger partial charge >= 0.3 is 11.9 Å². The van der Waals surface area contributed by atoms with Crippen molar-refractivity contribution in [2.24, 2.45) is 0 Å². The number of carboxylic acid groups (broad SMARTS) is 2. The normalized spacial score (nSPS) is 12.1. The maximum atomic E-state index is 12.0. The minimum Gasteiger partial charge on any atom is -0.480 e. The molecule has 180 valence electrons. The standard InChI is InChI=1S/C18H22N4O7S4/c1-9(23)19-13(15(25)26)7-22(18(30)31)11-3-5-12(6-4-11)33-21-17(29)32-8-14(16(27)28)20-10(2)24/h3-6,13-14H,7-8H2,1-2H3,(H,19,23)(H,20,24)(H,21,29)(H,25,26)(H,27,28)(H,30,31). The minimum absolute atomic E-state index is 0.101. The molecule has 0 bridgehead atoms. The van der Waals surface area contributed by atoms with E-state index in [4.69, 9.17) is 17.3 Å². The van der Waals surface area contributed by atoms with Crippen LogP contribution in [0.15, 0.2) is 29.2 Å². The first kappa shape index (κ1) is 28.5. The first-order valence-corrected chi connectivity index (χ1v) is 11.8. The van der Waals surface area contributed by atoms with E-state index in [9.17, 15) is 29.1 Å². The maximum Gasteiger partial charge on any atom is 0.328 e. The highest BCUT2D eigenvalue weighted by Crippen LogP contribution is 2.23. The summed E-state index contributed by atoms with van der Waals surface area (Å²) in [4.78, 5) is 58.8. The van der Waals surface area contributed by atoms with Gasteiger partial charge in [0.2, 0.25) is 11.8 Å². The van der Waals surface area contributed by atoms with E-state index in [1.807, 2.05) is 0 Å². The lowest BCUT2D eigenvalue weighted by atomic mass is 10.2. The number of carboxylic acids is 2. The van der Waals surface area contributed by atoms with Crippen LogP contribution in [-0.4, -0.2) is 67.9 Å². The van der Waals surface area contributed by atoms with E-state index < -0.39 is 41.1 Å². The summed E-state index contributed by atoms with van der Waals surface area (Å²) in [6.07, 6.45) is 0. The molecule has 1 aromatic carbocycles. The zero-order valence-electron chi connectivity index (χ0n) is 17.4. The second-order valence-electron chi connectivity index (χ2n) is 6.37. The Morgan fingerprint density at radius 2 is 1.52 bits per heavy atom. The molecule has 0 aliphatic rings. The van der Waals surface area contributed by atoms with Gasteiger partial charge in [-0.1, -0.05) is 24.0 Å². The lowest BCUT2D eigenvalue weighted by molar-refractivity contribution is -0.141. The van der Waals surface area contributed by atoms with Gasteiger partial charge in [0.1, 0.15) is 16.4 Å². The van der Waals surface area contributed by atoms with E-state index in [2.05, 4.69) is 28.0 Å². The molecule has 0 fully saturated rings. The van der Waals surface area contributed by atoms with E-state index in [-0.39, 0.29) is 16.6 Å². The molecule has 2 atom stereocenters. The molecule has 5 N–H and O–H groups in total. The van der Waals surface area contributed by atoms with Crippen LogP contribution >= 0.6 is 48.6 Å². The molecular formula is C18H22N4O7S4. The van der Waals surface area contributed by atoms with Crippen LogP contribution in [0.5, 0.6) is 0 Å². The molecule has 1 rings (SSSR count). The molecule has 3 amide bonds. The van der Waals surface area contributed by atoms with Crippen LogP contribution in [0, 0.1) is 0 Å². The van der Waals surface area contributed by atoms with Crippen molar-refractivity contribution in [1.29, 1.82) is 0 Å². The molecular weight excluding hydrogens is 512 g/mol. The van der Waals surface area contributed by atoms with Crippen LogP contribution < -0.4 is 20.3 Å². The number of aliphatic carboxylic acids is 2. The number of nitrogens with zero attached hydrogens (tertiary/aromatic N) is 1. The number of thioether (sulfide) groups is 1. The van der Waals surface area contributed by atoms with Gasteiger partial charge in [0.05, 0.1) is 6.54 Å². The summed E-state index contributed by atoms with van der Waals surface area (Å²) in [5, 5.41) is 22.4. The van der Waals surface area contributed by atoms with E-state index in [0.717, 1.165) is 11.9 Å². The number of benzene rings is 1. The summed E-state index contributed by atoms with van der Waals surface area (Å²) >= 11 is 10.9. The molecule has 0 aromatic heterocycles. The van der Waals surface area contributed by atoms with Crippen molar-refractivity contribution >= 4 is 87.6 Å². The fourth-order valence-electron chi connectivity index (χ4n) is 2.31. The Hall–Kier alpha value is -2.49. The first-order valence-electron chi connectivity index (χ1n) is 9.10. The number of nitrogens with one attached hydrogen (secondary N) is 3. The lowest BCUT2D eigenvalue weighted by Gasteiger charge is -2.26. The van der Waals surface area contributed by atoms with E-state index in [1.54, 1.807) is 24.3 Å². The highest BCUT2D eigenvalue weighted by atomic mass is 32.2. The lowest BCUT2D eigenvalue weighted by Crippen LogP contribution is -2.48. The molecule has 33 heavy (non-hydrogen) atoms. The zero-order chi connectivity index (χ0) is 25.1. The van der Waals surface area contributed by atoms with Gasteiger partial charge < -0.3 is 25.7 Å². The van der Waals surface area contributed by atoms with Crippen LogP contribution in [0.1, 0.15) is 13.8 Å². The van der Waals surface area contributed by atoms with Gasteiger partial charge in [-0.15, -0.1) is 12.6 Å². The summed E-state index contributed by atoms with van der Waals surface area (Å²) in [6.45, 7) is 2.25. The predicted octanol–water partition coefficient (Wildman–Crippen LogP) is 1.34. The SMILES string of the molecule is CC(=O)NC(CSC(=O)NSc1ccc(N(CC(NC(C)=O)C(=O)O)C(=S)S)cc1)C(=O)O. The van der Waals surface area contributed by atoms with Crippen LogP contribution in [0.25, 0.3) is 0 Å². The zero-order valence-corrected chi connectivity index (χ0v) is 20.8. The topological polar surface area (TPSA) is 165 Å². The van der Waals surface area contributed by atoms with Crippen LogP contribution in [0.3, 0.4) is 0 Å². The van der Waals surface area contributed by atoms with Gasteiger partial charge in [0, 0.05) is 30.2 Å².